The lowest BCUT2D eigenvalue weighted by molar-refractivity contribution is 0.312. The molecule has 0 spiro atoms. The van der Waals surface area contributed by atoms with E-state index in [0.717, 1.165) is 12.2 Å². The Kier molecular flexibility index (Phi) is 2.54. The Morgan fingerprint density at radius 1 is 1.53 bits per heavy atom. The summed E-state index contributed by atoms with van der Waals surface area (Å²) in [5, 5.41) is 8.14. The van der Waals surface area contributed by atoms with Crippen LogP contribution in [0.25, 0.3) is 0 Å². The van der Waals surface area contributed by atoms with E-state index in [-0.39, 0.29) is 11.5 Å². The van der Waals surface area contributed by atoms with Gasteiger partial charge in [-0.1, -0.05) is 20.8 Å². The largest absolute Gasteiger partial charge is 0.327 e. The number of aromatic nitrogens is 3. The molecule has 0 saturated heterocycles. The van der Waals surface area contributed by atoms with E-state index in [9.17, 15) is 0 Å². The van der Waals surface area contributed by atoms with Gasteiger partial charge in [0.05, 0.1) is 0 Å². The minimum atomic E-state index is 0.125. The molecule has 0 amide bonds. The molecule has 0 aromatic carbocycles. The number of rotatable bonds is 3. The first-order valence-corrected chi connectivity index (χ1v) is 5.62. The van der Waals surface area contributed by atoms with E-state index in [1.807, 2.05) is 6.33 Å². The summed E-state index contributed by atoms with van der Waals surface area (Å²) in [6.07, 6.45) is 5.17. The molecule has 0 aliphatic heterocycles. The molecule has 1 saturated carbocycles. The average Bonchev–Trinajstić information content (AvgIpc) is 2.86. The molecule has 1 atom stereocenters. The Bertz CT molecular complexity index is 333. The van der Waals surface area contributed by atoms with Crippen molar-refractivity contribution in [2.45, 2.75) is 52.1 Å². The number of hydrogen-bond acceptors (Lipinski definition) is 3. The van der Waals surface area contributed by atoms with Gasteiger partial charge in [-0.05, 0) is 18.3 Å². The predicted octanol–water partition coefficient (Wildman–Crippen LogP) is 1.53. The van der Waals surface area contributed by atoms with E-state index in [4.69, 9.17) is 5.73 Å². The summed E-state index contributed by atoms with van der Waals surface area (Å²) in [6.45, 7) is 6.49. The molecule has 1 aromatic rings. The summed E-state index contributed by atoms with van der Waals surface area (Å²) >= 11 is 0. The van der Waals surface area contributed by atoms with Crippen molar-refractivity contribution in [3.63, 3.8) is 0 Å². The van der Waals surface area contributed by atoms with E-state index in [1.54, 1.807) is 0 Å². The maximum Gasteiger partial charge on any atom is 0.134 e. The molecule has 4 heteroatoms. The van der Waals surface area contributed by atoms with Crippen LogP contribution in [-0.4, -0.2) is 20.8 Å². The van der Waals surface area contributed by atoms with Gasteiger partial charge in [0, 0.05) is 18.5 Å². The van der Waals surface area contributed by atoms with Crippen molar-refractivity contribution < 1.29 is 0 Å². The van der Waals surface area contributed by atoms with Crippen LogP contribution >= 0.6 is 0 Å². The van der Waals surface area contributed by atoms with Crippen molar-refractivity contribution >= 4 is 0 Å². The molecule has 4 nitrogen and oxygen atoms in total. The Morgan fingerprint density at radius 3 is 2.73 bits per heavy atom. The normalized spacial score (nSPS) is 19.2. The Hall–Kier alpha value is -0.900. The first-order valence-electron chi connectivity index (χ1n) is 5.62. The zero-order valence-electron chi connectivity index (χ0n) is 9.77. The second-order valence-electron chi connectivity index (χ2n) is 5.56. The van der Waals surface area contributed by atoms with Gasteiger partial charge in [-0.2, -0.15) is 0 Å². The van der Waals surface area contributed by atoms with Crippen LogP contribution in [0.3, 0.4) is 0 Å². The molecule has 1 fully saturated rings. The molecule has 15 heavy (non-hydrogen) atoms. The van der Waals surface area contributed by atoms with Gasteiger partial charge in [-0.25, -0.2) is 0 Å². The van der Waals surface area contributed by atoms with Crippen LogP contribution in [0.4, 0.5) is 0 Å². The van der Waals surface area contributed by atoms with Crippen LogP contribution in [0.15, 0.2) is 6.33 Å². The molecule has 0 bridgehead atoms. The lowest BCUT2D eigenvalue weighted by atomic mass is 9.85. The summed E-state index contributed by atoms with van der Waals surface area (Å²) in [5.41, 5.74) is 6.28. The quantitative estimate of drug-likeness (QED) is 0.819. The highest BCUT2D eigenvalue weighted by molar-refractivity contribution is 4.98. The summed E-state index contributed by atoms with van der Waals surface area (Å²) in [7, 11) is 0. The Balaban J connectivity index is 2.07. The van der Waals surface area contributed by atoms with Crippen molar-refractivity contribution in [1.82, 2.24) is 14.8 Å². The zero-order valence-corrected chi connectivity index (χ0v) is 9.77. The van der Waals surface area contributed by atoms with Crippen LogP contribution in [0.1, 0.15) is 45.5 Å². The van der Waals surface area contributed by atoms with E-state index in [1.165, 1.54) is 12.8 Å². The van der Waals surface area contributed by atoms with Crippen LogP contribution < -0.4 is 5.73 Å². The topological polar surface area (TPSA) is 56.7 Å². The molecule has 2 N–H and O–H groups in total. The van der Waals surface area contributed by atoms with Crippen molar-refractivity contribution in [3.8, 4) is 0 Å². The summed E-state index contributed by atoms with van der Waals surface area (Å²) in [6, 6.07) is 0.779. The second kappa shape index (κ2) is 3.59. The molecule has 1 unspecified atom stereocenters. The summed E-state index contributed by atoms with van der Waals surface area (Å²) in [4.78, 5) is 0. The van der Waals surface area contributed by atoms with Gasteiger partial charge in [0.2, 0.25) is 0 Å². The zero-order chi connectivity index (χ0) is 11.1. The highest BCUT2D eigenvalue weighted by atomic mass is 15.3. The SMILES string of the molecule is CC(C)(C)C(N)Cc1nncn1C1CC1. The van der Waals surface area contributed by atoms with Crippen molar-refractivity contribution in [2.24, 2.45) is 11.1 Å². The van der Waals surface area contributed by atoms with Crippen molar-refractivity contribution in [3.05, 3.63) is 12.2 Å². The van der Waals surface area contributed by atoms with Gasteiger partial charge in [0.1, 0.15) is 12.2 Å². The van der Waals surface area contributed by atoms with Gasteiger partial charge in [0.15, 0.2) is 0 Å². The third kappa shape index (κ3) is 2.37. The lowest BCUT2D eigenvalue weighted by Gasteiger charge is -2.26. The van der Waals surface area contributed by atoms with Crippen LogP contribution in [0, 0.1) is 5.41 Å². The first-order chi connectivity index (χ1) is 6.98. The Labute approximate surface area is 90.9 Å². The molecule has 1 aromatic heterocycles. The second-order valence-corrected chi connectivity index (χ2v) is 5.56. The minimum absolute atomic E-state index is 0.125. The van der Waals surface area contributed by atoms with E-state index in [2.05, 4.69) is 35.5 Å². The fourth-order valence-electron chi connectivity index (χ4n) is 1.57. The third-order valence-electron chi connectivity index (χ3n) is 3.10. The third-order valence-corrected chi connectivity index (χ3v) is 3.10. The molecular formula is C11H20N4. The van der Waals surface area contributed by atoms with Gasteiger partial charge < -0.3 is 10.3 Å². The molecule has 1 aliphatic carbocycles. The predicted molar refractivity (Wildman–Crippen MR) is 59.4 cm³/mol. The monoisotopic (exact) mass is 208 g/mol. The first kappa shape index (κ1) is 10.6. The minimum Gasteiger partial charge on any atom is -0.327 e. The number of nitrogens with two attached hydrogens (primary N) is 1. The van der Waals surface area contributed by atoms with Crippen molar-refractivity contribution in [1.29, 1.82) is 0 Å². The smallest absolute Gasteiger partial charge is 0.134 e. The number of nitrogens with zero attached hydrogens (tertiary/aromatic N) is 3. The highest BCUT2D eigenvalue weighted by Gasteiger charge is 2.28. The van der Waals surface area contributed by atoms with Gasteiger partial charge in [-0.3, -0.25) is 0 Å². The molecule has 2 rings (SSSR count). The van der Waals surface area contributed by atoms with E-state index < -0.39 is 0 Å². The number of hydrogen-bond donors (Lipinski definition) is 1. The van der Waals surface area contributed by atoms with Crippen LogP contribution in [0.5, 0.6) is 0 Å². The Morgan fingerprint density at radius 2 is 2.20 bits per heavy atom. The van der Waals surface area contributed by atoms with E-state index in [0.29, 0.717) is 6.04 Å². The maximum absolute atomic E-state index is 6.15. The van der Waals surface area contributed by atoms with Crippen molar-refractivity contribution in [2.75, 3.05) is 0 Å². The summed E-state index contributed by atoms with van der Waals surface area (Å²) in [5.74, 6) is 1.04. The maximum atomic E-state index is 6.15. The fraction of sp³-hybridized carbons (Fsp3) is 0.818. The highest BCUT2D eigenvalue weighted by Crippen LogP contribution is 2.35. The molecule has 1 aliphatic rings. The van der Waals surface area contributed by atoms with Gasteiger partial charge in [0.25, 0.3) is 0 Å². The summed E-state index contributed by atoms with van der Waals surface area (Å²) < 4.78 is 2.19. The van der Waals surface area contributed by atoms with E-state index >= 15 is 0 Å². The van der Waals surface area contributed by atoms with Crippen LogP contribution in [0.2, 0.25) is 0 Å². The van der Waals surface area contributed by atoms with Gasteiger partial charge in [-0.15, -0.1) is 10.2 Å². The molecule has 0 radical (unpaired) electrons. The standard InChI is InChI=1S/C11H20N4/c1-11(2,3)9(12)6-10-14-13-7-15(10)8-4-5-8/h7-9H,4-6,12H2,1-3H3. The molecule has 1 heterocycles. The fourth-order valence-corrected chi connectivity index (χ4v) is 1.57. The van der Waals surface area contributed by atoms with Crippen LogP contribution in [-0.2, 0) is 6.42 Å². The average molecular weight is 208 g/mol. The lowest BCUT2D eigenvalue weighted by Crippen LogP contribution is -2.37. The van der Waals surface area contributed by atoms with Gasteiger partial charge >= 0.3 is 0 Å². The molecule has 84 valence electrons. The molecular weight excluding hydrogens is 188 g/mol.